The van der Waals surface area contributed by atoms with Gasteiger partial charge in [-0.2, -0.15) is 42.1 Å². The fraction of sp³-hybridized carbons (Fsp3) is 0.129. The second kappa shape index (κ2) is 12.5. The van der Waals surface area contributed by atoms with Crippen LogP contribution in [0.2, 0.25) is 0 Å². The van der Waals surface area contributed by atoms with Gasteiger partial charge in [0.1, 0.15) is 41.0 Å². The van der Waals surface area contributed by atoms with E-state index in [1.165, 1.54) is 0 Å². The van der Waals surface area contributed by atoms with E-state index in [1.807, 2.05) is 0 Å². The minimum atomic E-state index is -6.15. The minimum absolute atomic E-state index is 0.207. The van der Waals surface area contributed by atoms with Crippen LogP contribution < -0.4 is 0 Å². The molecular weight excluding hydrogens is 737 g/mol. The average molecular weight is 743 g/mol. The van der Waals surface area contributed by atoms with Gasteiger partial charge in [0, 0.05) is 27.8 Å². The van der Waals surface area contributed by atoms with E-state index in [0.29, 0.717) is 6.92 Å². The van der Waals surface area contributed by atoms with Gasteiger partial charge < -0.3 is 0 Å². The summed E-state index contributed by atoms with van der Waals surface area (Å²) in [5, 5.41) is 29.5. The number of hydrogen-bond acceptors (Lipinski definition) is 3. The van der Waals surface area contributed by atoms with Crippen LogP contribution >= 0.6 is 0 Å². The Morgan fingerprint density at radius 2 is 0.647 bits per heavy atom. The fourth-order valence-electron chi connectivity index (χ4n) is 5.05. The first-order valence-corrected chi connectivity index (χ1v) is 12.9. The van der Waals surface area contributed by atoms with Crippen LogP contribution in [-0.2, 0) is 12.4 Å². The molecule has 1 saturated carbocycles. The van der Waals surface area contributed by atoms with Gasteiger partial charge in [0.2, 0.25) is 0 Å². The Bertz CT molecular complexity index is 2130. The molecule has 264 valence electrons. The van der Waals surface area contributed by atoms with Gasteiger partial charge in [-0.1, -0.05) is 0 Å². The molecule has 20 heteroatoms. The van der Waals surface area contributed by atoms with E-state index in [1.54, 1.807) is 0 Å². The van der Waals surface area contributed by atoms with E-state index in [9.17, 15) is 68.5 Å². The molecule has 0 radical (unpaired) electrons. The number of halogens is 17. The SMILES string of the molecule is Cc1c(F)c(F)c(F)c(/C(C#N)=C2/C(=C(C#N)c3c(F)c(C)c(C(F)(F)F)c(F)c3F)/C2=C(/C#N)c2c(F)c(F)c(C(F)(F)F)c(F)c2F)c1F. The van der Waals surface area contributed by atoms with Crippen LogP contribution in [0.3, 0.4) is 0 Å². The quantitative estimate of drug-likeness (QED) is 0.116. The average Bonchev–Trinajstić information content (AvgIpc) is 3.75. The molecule has 0 aromatic heterocycles. The molecular formula is C31H6F17N3. The Hall–Kier alpha value is -5.84. The maximum atomic E-state index is 15.4. The molecule has 1 aliphatic carbocycles. The Morgan fingerprint density at radius 3 is 0.961 bits per heavy atom. The van der Waals surface area contributed by atoms with Crippen molar-refractivity contribution in [2.75, 3.05) is 0 Å². The van der Waals surface area contributed by atoms with Crippen molar-refractivity contribution in [3.05, 3.63) is 120 Å². The zero-order chi connectivity index (χ0) is 39.0. The second-order valence-corrected chi connectivity index (χ2v) is 10.2. The van der Waals surface area contributed by atoms with Crippen molar-refractivity contribution in [3.63, 3.8) is 0 Å². The van der Waals surface area contributed by atoms with Gasteiger partial charge in [-0.3, -0.25) is 0 Å². The molecule has 3 aromatic rings. The van der Waals surface area contributed by atoms with Crippen molar-refractivity contribution in [3.8, 4) is 18.2 Å². The van der Waals surface area contributed by atoms with E-state index in [2.05, 4.69) is 0 Å². The molecule has 0 bridgehead atoms. The highest BCUT2D eigenvalue weighted by Crippen LogP contribution is 2.58. The molecule has 0 saturated heterocycles. The largest absolute Gasteiger partial charge is 0.422 e. The second-order valence-electron chi connectivity index (χ2n) is 10.2. The predicted octanol–water partition coefficient (Wildman–Crippen LogP) is 10.1. The number of rotatable bonds is 3. The first-order chi connectivity index (χ1) is 23.4. The smallest absolute Gasteiger partial charge is 0.206 e. The molecule has 3 aromatic carbocycles. The summed E-state index contributed by atoms with van der Waals surface area (Å²) in [6, 6.07) is 2.65. The van der Waals surface area contributed by atoms with Crippen LogP contribution in [-0.4, -0.2) is 0 Å². The molecule has 0 heterocycles. The normalized spacial score (nSPS) is 16.0. The Balaban J connectivity index is 2.37. The number of hydrogen-bond donors (Lipinski definition) is 0. The summed E-state index contributed by atoms with van der Waals surface area (Å²) in [5.74, 6) is -30.1. The van der Waals surface area contributed by atoms with E-state index in [4.69, 9.17) is 0 Å². The highest BCUT2D eigenvalue weighted by Gasteiger charge is 2.48. The summed E-state index contributed by atoms with van der Waals surface area (Å²) >= 11 is 0. The number of benzene rings is 3. The van der Waals surface area contributed by atoms with Crippen molar-refractivity contribution in [1.82, 2.24) is 0 Å². The van der Waals surface area contributed by atoms with E-state index >= 15 is 22.0 Å². The van der Waals surface area contributed by atoms with Gasteiger partial charge in [0.25, 0.3) is 0 Å². The molecule has 0 spiro atoms. The van der Waals surface area contributed by atoms with Gasteiger partial charge in [-0.15, -0.1) is 0 Å². The monoisotopic (exact) mass is 743 g/mol. The molecule has 3 nitrogen and oxygen atoms in total. The molecule has 51 heavy (non-hydrogen) atoms. The summed E-state index contributed by atoms with van der Waals surface area (Å²) in [6.45, 7) is 0.661. The maximum absolute atomic E-state index is 15.4. The topological polar surface area (TPSA) is 71.4 Å². The predicted molar refractivity (Wildman–Crippen MR) is 136 cm³/mol. The van der Waals surface area contributed by atoms with Gasteiger partial charge in [-0.05, 0) is 13.8 Å². The van der Waals surface area contributed by atoms with Crippen LogP contribution in [0.1, 0.15) is 38.9 Å². The lowest BCUT2D eigenvalue weighted by Gasteiger charge is -2.15. The lowest BCUT2D eigenvalue weighted by Crippen LogP contribution is -2.17. The number of alkyl halides is 6. The van der Waals surface area contributed by atoms with Crippen LogP contribution in [0.25, 0.3) is 16.7 Å². The van der Waals surface area contributed by atoms with Gasteiger partial charge >= 0.3 is 12.4 Å². The third-order valence-electron chi connectivity index (χ3n) is 7.39. The van der Waals surface area contributed by atoms with Crippen molar-refractivity contribution in [2.45, 2.75) is 26.2 Å². The first-order valence-electron chi connectivity index (χ1n) is 12.9. The molecule has 4 rings (SSSR count). The molecule has 0 atom stereocenters. The van der Waals surface area contributed by atoms with Gasteiger partial charge in [0.15, 0.2) is 52.4 Å². The van der Waals surface area contributed by atoms with Crippen LogP contribution in [0.4, 0.5) is 74.6 Å². The summed E-state index contributed by atoms with van der Waals surface area (Å²) in [6.07, 6.45) is -12.0. The lowest BCUT2D eigenvalue weighted by molar-refractivity contribution is -0.143. The molecule has 0 unspecified atom stereocenters. The third-order valence-corrected chi connectivity index (χ3v) is 7.39. The van der Waals surface area contributed by atoms with E-state index in [0.717, 1.165) is 18.2 Å². The molecule has 0 N–H and O–H groups in total. The zero-order valence-corrected chi connectivity index (χ0v) is 24.3. The van der Waals surface area contributed by atoms with Gasteiger partial charge in [-0.25, -0.2) is 48.3 Å². The summed E-state index contributed by atoms with van der Waals surface area (Å²) in [4.78, 5) is 0. The highest BCUT2D eigenvalue weighted by atomic mass is 19.4. The summed E-state index contributed by atoms with van der Waals surface area (Å²) in [5.41, 5.74) is -25.6. The molecule has 1 fully saturated rings. The number of nitrogens with zero attached hydrogens (tertiary/aromatic N) is 3. The first kappa shape index (κ1) is 38.0. The Labute approximate surface area is 271 Å². The maximum Gasteiger partial charge on any atom is 0.422 e. The standard InChI is InChI=1S/C31H6F17N3/c1-6-17(30(43,44)45)26(39)22(35)14(19(6)32)8(3-49)11-12(9(4-50)15-20(33)7(2)21(34)29(42)25(15)38)13(11)10(5-51)16-23(36)27(40)18(31(46,47)48)28(41)24(16)37/h1-2H3/b11-8?,12-9-,13-10+. The van der Waals surface area contributed by atoms with Crippen molar-refractivity contribution >= 4 is 16.7 Å². The highest BCUT2D eigenvalue weighted by molar-refractivity contribution is 6.12. The van der Waals surface area contributed by atoms with E-state index in [-0.39, 0.29) is 6.92 Å². The fourth-order valence-corrected chi connectivity index (χ4v) is 5.05. The van der Waals surface area contributed by atoms with Crippen molar-refractivity contribution < 1.29 is 74.6 Å². The summed E-state index contributed by atoms with van der Waals surface area (Å²) < 4.78 is 243. The molecule has 1 aliphatic rings. The molecule has 0 aliphatic heterocycles. The Kier molecular flexibility index (Phi) is 9.30. The number of allylic oxidation sites excluding steroid dienone is 6. The Morgan fingerprint density at radius 1 is 0.373 bits per heavy atom. The minimum Gasteiger partial charge on any atom is -0.206 e. The van der Waals surface area contributed by atoms with Gasteiger partial charge in [0.05, 0.1) is 33.4 Å². The zero-order valence-electron chi connectivity index (χ0n) is 24.3. The third kappa shape index (κ3) is 5.62. The van der Waals surface area contributed by atoms with Crippen molar-refractivity contribution in [2.24, 2.45) is 0 Å². The van der Waals surface area contributed by atoms with Crippen molar-refractivity contribution in [1.29, 1.82) is 15.8 Å². The molecule has 0 amide bonds. The van der Waals surface area contributed by atoms with Crippen LogP contribution in [0, 0.1) is 112 Å². The van der Waals surface area contributed by atoms with E-state index < -0.39 is 149 Å². The summed E-state index contributed by atoms with van der Waals surface area (Å²) in [7, 11) is 0. The van der Waals surface area contributed by atoms with Crippen LogP contribution in [0.15, 0.2) is 16.7 Å². The lowest BCUT2D eigenvalue weighted by atomic mass is 9.95. The van der Waals surface area contributed by atoms with Crippen LogP contribution in [0.5, 0.6) is 0 Å². The number of nitriles is 3.